The average Bonchev–Trinajstić information content (AvgIpc) is 3.58. The minimum absolute atomic E-state index is 0.0439. The summed E-state index contributed by atoms with van der Waals surface area (Å²) in [7, 11) is 1.60. The van der Waals surface area contributed by atoms with Crippen molar-refractivity contribution in [3.63, 3.8) is 0 Å². The third kappa shape index (κ3) is 5.46. The molecule has 33 heavy (non-hydrogen) atoms. The van der Waals surface area contributed by atoms with Crippen molar-refractivity contribution >= 4 is 29.5 Å². The topological polar surface area (TPSA) is 88.5 Å². The van der Waals surface area contributed by atoms with Crippen LogP contribution in [0.15, 0.2) is 54.7 Å². The Morgan fingerprint density at radius 3 is 2.64 bits per heavy atom. The number of carbonyl (C=O) groups is 2. The SMILES string of the molecule is CCNC(=O)N(CC(=O)Nc1nc(-c2ccc(Cl)cc2)cn1-c1cccc(OC)c1)C1CC1. The number of nitrogens with one attached hydrogen (secondary N) is 2. The predicted octanol–water partition coefficient (Wildman–Crippen LogP) is 4.33. The first kappa shape index (κ1) is 22.7. The first-order valence-electron chi connectivity index (χ1n) is 10.8. The Kier molecular flexibility index (Phi) is 6.84. The first-order valence-corrected chi connectivity index (χ1v) is 11.2. The molecule has 0 bridgehead atoms. The molecule has 1 aliphatic carbocycles. The molecule has 3 amide bonds. The highest BCUT2D eigenvalue weighted by molar-refractivity contribution is 6.30. The third-order valence-corrected chi connectivity index (χ3v) is 5.57. The zero-order chi connectivity index (χ0) is 23.4. The lowest BCUT2D eigenvalue weighted by Crippen LogP contribution is -2.45. The van der Waals surface area contributed by atoms with Crippen LogP contribution >= 0.6 is 11.6 Å². The van der Waals surface area contributed by atoms with Gasteiger partial charge in [0.05, 0.1) is 18.5 Å². The van der Waals surface area contributed by atoms with E-state index in [0.717, 1.165) is 24.1 Å². The highest BCUT2D eigenvalue weighted by atomic mass is 35.5. The van der Waals surface area contributed by atoms with E-state index >= 15 is 0 Å². The van der Waals surface area contributed by atoms with Gasteiger partial charge < -0.3 is 15.0 Å². The lowest BCUT2D eigenvalue weighted by molar-refractivity contribution is -0.116. The fraction of sp³-hybridized carbons (Fsp3) is 0.292. The van der Waals surface area contributed by atoms with Crippen LogP contribution in [0.4, 0.5) is 10.7 Å². The quantitative estimate of drug-likeness (QED) is 0.516. The van der Waals surface area contributed by atoms with Gasteiger partial charge >= 0.3 is 6.03 Å². The Morgan fingerprint density at radius 1 is 1.21 bits per heavy atom. The van der Waals surface area contributed by atoms with Gasteiger partial charge in [-0.05, 0) is 44.0 Å². The molecule has 2 N–H and O–H groups in total. The highest BCUT2D eigenvalue weighted by Crippen LogP contribution is 2.28. The second-order valence-electron chi connectivity index (χ2n) is 7.77. The van der Waals surface area contributed by atoms with Gasteiger partial charge in [-0.3, -0.25) is 14.7 Å². The van der Waals surface area contributed by atoms with E-state index in [9.17, 15) is 9.59 Å². The summed E-state index contributed by atoms with van der Waals surface area (Å²) >= 11 is 6.03. The molecule has 8 nitrogen and oxygen atoms in total. The molecule has 2 aromatic carbocycles. The van der Waals surface area contributed by atoms with Gasteiger partial charge in [0, 0.05) is 35.4 Å². The van der Waals surface area contributed by atoms with Gasteiger partial charge in [0.1, 0.15) is 12.3 Å². The van der Waals surface area contributed by atoms with Gasteiger partial charge in [0.15, 0.2) is 0 Å². The molecular formula is C24H26ClN5O3. The Balaban J connectivity index is 1.63. The van der Waals surface area contributed by atoms with Crippen LogP contribution in [0.25, 0.3) is 16.9 Å². The fourth-order valence-electron chi connectivity index (χ4n) is 3.51. The normalized spacial score (nSPS) is 12.8. The van der Waals surface area contributed by atoms with Crippen LogP contribution in [-0.4, -0.2) is 52.6 Å². The number of anilines is 1. The number of hydrogen-bond donors (Lipinski definition) is 2. The van der Waals surface area contributed by atoms with Gasteiger partial charge in [0.2, 0.25) is 11.9 Å². The van der Waals surface area contributed by atoms with E-state index in [1.807, 2.05) is 49.5 Å². The summed E-state index contributed by atoms with van der Waals surface area (Å²) in [5, 5.41) is 6.29. The molecule has 1 fully saturated rings. The number of aromatic nitrogens is 2. The molecular weight excluding hydrogens is 442 g/mol. The molecule has 1 aromatic heterocycles. The average molecular weight is 468 g/mol. The van der Waals surface area contributed by atoms with Gasteiger partial charge in [-0.2, -0.15) is 0 Å². The Labute approximate surface area is 197 Å². The van der Waals surface area contributed by atoms with Crippen molar-refractivity contribution < 1.29 is 14.3 Å². The standard InChI is InChI=1S/C24H26ClN5O3/c1-3-26-24(32)30(18-11-12-18)15-22(31)28-23-27-21(16-7-9-17(25)10-8-16)14-29(23)19-5-4-6-20(13-19)33-2/h4-10,13-14,18H,3,11-12,15H2,1-2H3,(H,26,32)(H,27,28,31). The third-order valence-electron chi connectivity index (χ3n) is 5.32. The number of urea groups is 1. The zero-order valence-corrected chi connectivity index (χ0v) is 19.3. The number of imidazole rings is 1. The number of nitrogens with zero attached hydrogens (tertiary/aromatic N) is 3. The monoisotopic (exact) mass is 467 g/mol. The summed E-state index contributed by atoms with van der Waals surface area (Å²) in [4.78, 5) is 31.6. The van der Waals surface area contributed by atoms with Crippen LogP contribution in [0.1, 0.15) is 19.8 Å². The number of hydrogen-bond acceptors (Lipinski definition) is 4. The van der Waals surface area contributed by atoms with Crippen LogP contribution < -0.4 is 15.4 Å². The lowest BCUT2D eigenvalue weighted by Gasteiger charge is -2.22. The van der Waals surface area contributed by atoms with Crippen LogP contribution in [0.2, 0.25) is 5.02 Å². The van der Waals surface area contributed by atoms with Crippen LogP contribution in [-0.2, 0) is 4.79 Å². The van der Waals surface area contributed by atoms with Crippen LogP contribution in [0, 0.1) is 0 Å². The summed E-state index contributed by atoms with van der Waals surface area (Å²) in [6.07, 6.45) is 3.66. The number of ether oxygens (including phenoxy) is 1. The van der Waals surface area contributed by atoms with E-state index in [1.165, 1.54) is 0 Å². The second kappa shape index (κ2) is 9.95. The van der Waals surface area contributed by atoms with Crippen molar-refractivity contribution in [3.05, 3.63) is 59.8 Å². The summed E-state index contributed by atoms with van der Waals surface area (Å²) in [6, 6.07) is 14.7. The maximum atomic E-state index is 12.9. The molecule has 4 rings (SSSR count). The zero-order valence-electron chi connectivity index (χ0n) is 18.5. The first-order chi connectivity index (χ1) is 16.0. The van der Waals surface area contributed by atoms with Crippen molar-refractivity contribution in [1.29, 1.82) is 0 Å². The van der Waals surface area contributed by atoms with Crippen molar-refractivity contribution in [2.75, 3.05) is 25.5 Å². The molecule has 0 unspecified atom stereocenters. The molecule has 0 atom stereocenters. The summed E-state index contributed by atoms with van der Waals surface area (Å²) in [6.45, 7) is 2.32. The Hall–Kier alpha value is -3.52. The van der Waals surface area contributed by atoms with Gasteiger partial charge in [0.25, 0.3) is 0 Å². The Bertz CT molecular complexity index is 1140. The van der Waals surface area contributed by atoms with E-state index in [4.69, 9.17) is 16.3 Å². The molecule has 9 heteroatoms. The molecule has 172 valence electrons. The minimum Gasteiger partial charge on any atom is -0.497 e. The van der Waals surface area contributed by atoms with Gasteiger partial charge in [-0.1, -0.05) is 29.8 Å². The highest BCUT2D eigenvalue weighted by Gasteiger charge is 2.34. The predicted molar refractivity (Wildman–Crippen MR) is 128 cm³/mol. The minimum atomic E-state index is -0.314. The largest absolute Gasteiger partial charge is 0.497 e. The second-order valence-corrected chi connectivity index (χ2v) is 8.21. The summed E-state index contributed by atoms with van der Waals surface area (Å²) in [5.74, 6) is 0.720. The number of benzene rings is 2. The lowest BCUT2D eigenvalue weighted by atomic mass is 10.2. The molecule has 0 spiro atoms. The molecule has 1 saturated carbocycles. The fourth-order valence-corrected chi connectivity index (χ4v) is 3.64. The number of methoxy groups -OCH3 is 1. The van der Waals surface area contributed by atoms with Gasteiger partial charge in [-0.15, -0.1) is 0 Å². The van der Waals surface area contributed by atoms with Crippen molar-refractivity contribution in [1.82, 2.24) is 19.8 Å². The van der Waals surface area contributed by atoms with E-state index < -0.39 is 0 Å². The van der Waals surface area contributed by atoms with Crippen LogP contribution in [0.5, 0.6) is 5.75 Å². The Morgan fingerprint density at radius 2 is 1.97 bits per heavy atom. The maximum Gasteiger partial charge on any atom is 0.318 e. The molecule has 1 aliphatic rings. The molecule has 3 aromatic rings. The van der Waals surface area contributed by atoms with Crippen LogP contribution in [0.3, 0.4) is 0 Å². The van der Waals surface area contributed by atoms with E-state index in [-0.39, 0.29) is 24.5 Å². The molecule has 0 radical (unpaired) electrons. The van der Waals surface area contributed by atoms with Gasteiger partial charge in [-0.25, -0.2) is 9.78 Å². The van der Waals surface area contributed by atoms with Crippen molar-refractivity contribution in [2.24, 2.45) is 0 Å². The number of carbonyl (C=O) groups excluding carboxylic acids is 2. The van der Waals surface area contributed by atoms with E-state index in [2.05, 4.69) is 15.6 Å². The molecule has 0 aliphatic heterocycles. The number of amides is 3. The van der Waals surface area contributed by atoms with Crippen molar-refractivity contribution in [2.45, 2.75) is 25.8 Å². The summed E-state index contributed by atoms with van der Waals surface area (Å²) < 4.78 is 7.14. The molecule has 1 heterocycles. The number of halogens is 1. The van der Waals surface area contributed by atoms with E-state index in [0.29, 0.717) is 29.0 Å². The maximum absolute atomic E-state index is 12.9. The van der Waals surface area contributed by atoms with E-state index in [1.54, 1.807) is 28.7 Å². The number of rotatable bonds is 8. The van der Waals surface area contributed by atoms with Crippen molar-refractivity contribution in [3.8, 4) is 22.7 Å². The molecule has 0 saturated heterocycles. The smallest absolute Gasteiger partial charge is 0.318 e. The summed E-state index contributed by atoms with van der Waals surface area (Å²) in [5.41, 5.74) is 2.31.